The van der Waals surface area contributed by atoms with Gasteiger partial charge in [-0.05, 0) is 50.1 Å². The highest BCUT2D eigenvalue weighted by Gasteiger charge is 2.59. The van der Waals surface area contributed by atoms with Crippen LogP contribution in [0.1, 0.15) is 60.6 Å². The normalized spacial score (nSPS) is 30.9. The molecule has 2 aliphatic heterocycles. The highest BCUT2D eigenvalue weighted by atomic mass is 19.1. The van der Waals surface area contributed by atoms with Gasteiger partial charge in [0, 0.05) is 48.4 Å². The lowest BCUT2D eigenvalue weighted by Gasteiger charge is -2.44. The summed E-state index contributed by atoms with van der Waals surface area (Å²) in [7, 11) is 2.23. The molecule has 3 heterocycles. The number of pyridine rings is 1. The van der Waals surface area contributed by atoms with Gasteiger partial charge in [0.1, 0.15) is 5.82 Å². The minimum Gasteiger partial charge on any atom is -0.331 e. The molecule has 2 bridgehead atoms. The average Bonchev–Trinajstić information content (AvgIpc) is 2.84. The number of rotatable bonds is 3. The Morgan fingerprint density at radius 2 is 1.93 bits per heavy atom. The van der Waals surface area contributed by atoms with E-state index in [2.05, 4.69) is 28.8 Å². The summed E-state index contributed by atoms with van der Waals surface area (Å²) in [5.41, 5.74) is 2.23. The molecule has 3 fully saturated rings. The molecular formula is C25H30FN3O. The van der Waals surface area contributed by atoms with Crippen molar-refractivity contribution in [2.45, 2.75) is 63.6 Å². The largest absolute Gasteiger partial charge is 0.331 e. The van der Waals surface area contributed by atoms with Crippen LogP contribution in [0.5, 0.6) is 0 Å². The molecule has 30 heavy (non-hydrogen) atoms. The fourth-order valence-electron chi connectivity index (χ4n) is 6.43. The Balaban J connectivity index is 1.39. The summed E-state index contributed by atoms with van der Waals surface area (Å²) in [6.07, 6.45) is 8.01. The van der Waals surface area contributed by atoms with Crippen LogP contribution in [0.2, 0.25) is 0 Å². The second kappa shape index (κ2) is 7.45. The number of piperidine rings is 1. The van der Waals surface area contributed by atoms with Gasteiger partial charge in [0.15, 0.2) is 0 Å². The predicted molar refractivity (Wildman–Crippen MR) is 115 cm³/mol. The average molecular weight is 408 g/mol. The molecule has 158 valence electrons. The van der Waals surface area contributed by atoms with Gasteiger partial charge in [-0.1, -0.05) is 38.0 Å². The van der Waals surface area contributed by atoms with Crippen LogP contribution in [0.25, 0.3) is 0 Å². The number of likely N-dealkylation sites (tertiary alicyclic amines) is 2. The quantitative estimate of drug-likeness (QED) is 0.762. The number of carbonyl (C=O) groups excluding carboxylic acids is 1. The van der Waals surface area contributed by atoms with Gasteiger partial charge in [-0.15, -0.1) is 0 Å². The van der Waals surface area contributed by atoms with Crippen molar-refractivity contribution < 1.29 is 9.18 Å². The first-order valence-electron chi connectivity index (χ1n) is 11.2. The Morgan fingerprint density at radius 3 is 2.67 bits per heavy atom. The van der Waals surface area contributed by atoms with E-state index in [1.165, 1.54) is 25.3 Å². The monoisotopic (exact) mass is 407 g/mol. The van der Waals surface area contributed by atoms with Gasteiger partial charge in [0.05, 0.1) is 5.56 Å². The fraction of sp³-hybridized carbons (Fsp3) is 0.520. The summed E-state index contributed by atoms with van der Waals surface area (Å²) in [5.74, 6) is -0.112. The number of nitrogens with zero attached hydrogens (tertiary/aromatic N) is 3. The molecule has 1 aromatic carbocycles. The third kappa shape index (κ3) is 3.15. The number of fused-ring (bicyclic) bond motifs is 1. The van der Waals surface area contributed by atoms with Crippen molar-refractivity contribution >= 4 is 5.91 Å². The highest BCUT2D eigenvalue weighted by Crippen LogP contribution is 2.53. The molecule has 5 heteroatoms. The number of amides is 1. The second-order valence-electron chi connectivity index (χ2n) is 9.64. The standard InChI is InChI=1S/C25H30FN3O/c1-25-14-20-16-28(2)22(25)9-5-6-10-23(25)29(20)24(30)18-11-12-19(27-15-18)13-17-7-3-4-8-21(17)26/h3-4,7-8,11-12,15,20,22-23H,5-6,9-10,13-14,16H2,1-2H3/t20-,22+,23-,25+/m0/s1. The Morgan fingerprint density at radius 1 is 1.17 bits per heavy atom. The molecule has 1 amide bonds. The van der Waals surface area contributed by atoms with Crippen molar-refractivity contribution in [1.82, 2.24) is 14.8 Å². The van der Waals surface area contributed by atoms with Crippen molar-refractivity contribution in [2.75, 3.05) is 13.6 Å². The van der Waals surface area contributed by atoms with Gasteiger partial charge in [-0.25, -0.2) is 4.39 Å². The fourth-order valence-corrected chi connectivity index (χ4v) is 6.43. The molecule has 4 nitrogen and oxygen atoms in total. The lowest BCUT2D eigenvalue weighted by molar-refractivity contribution is 0.0577. The van der Waals surface area contributed by atoms with Crippen molar-refractivity contribution in [3.63, 3.8) is 0 Å². The van der Waals surface area contributed by atoms with Gasteiger partial charge >= 0.3 is 0 Å². The van der Waals surface area contributed by atoms with Crippen LogP contribution in [-0.4, -0.2) is 52.4 Å². The van der Waals surface area contributed by atoms with Crippen LogP contribution in [0.4, 0.5) is 4.39 Å². The topological polar surface area (TPSA) is 36.4 Å². The first-order valence-corrected chi connectivity index (χ1v) is 11.2. The zero-order chi connectivity index (χ0) is 20.9. The Bertz CT molecular complexity index is 946. The van der Waals surface area contributed by atoms with E-state index >= 15 is 0 Å². The third-order valence-electron chi connectivity index (χ3n) is 7.80. The molecule has 3 aliphatic rings. The van der Waals surface area contributed by atoms with Gasteiger partial charge in [0.2, 0.25) is 0 Å². The zero-order valence-electron chi connectivity index (χ0n) is 17.9. The van der Waals surface area contributed by atoms with Gasteiger partial charge in [0.25, 0.3) is 5.91 Å². The minimum absolute atomic E-state index is 0.106. The maximum absolute atomic E-state index is 13.9. The summed E-state index contributed by atoms with van der Waals surface area (Å²) in [5, 5.41) is 0. The molecule has 1 saturated carbocycles. The first kappa shape index (κ1) is 19.7. The number of hydrogen-bond donors (Lipinski definition) is 0. The molecule has 1 aliphatic carbocycles. The third-order valence-corrected chi connectivity index (χ3v) is 7.80. The van der Waals surface area contributed by atoms with E-state index in [-0.39, 0.29) is 23.2 Å². The van der Waals surface area contributed by atoms with Gasteiger partial charge < -0.3 is 9.80 Å². The molecule has 5 rings (SSSR count). The first-order chi connectivity index (χ1) is 14.5. The molecule has 0 spiro atoms. The molecule has 0 unspecified atom stereocenters. The van der Waals surface area contributed by atoms with Crippen LogP contribution in [0.3, 0.4) is 0 Å². The lowest BCUT2D eigenvalue weighted by atomic mass is 9.71. The van der Waals surface area contributed by atoms with E-state index in [9.17, 15) is 9.18 Å². The van der Waals surface area contributed by atoms with Crippen molar-refractivity contribution in [2.24, 2.45) is 5.41 Å². The highest BCUT2D eigenvalue weighted by molar-refractivity contribution is 5.94. The number of carbonyl (C=O) groups is 1. The summed E-state index contributed by atoms with van der Waals surface area (Å²) in [6.45, 7) is 3.36. The van der Waals surface area contributed by atoms with Gasteiger partial charge in [-0.2, -0.15) is 0 Å². The van der Waals surface area contributed by atoms with E-state index in [0.29, 0.717) is 29.6 Å². The predicted octanol–water partition coefficient (Wildman–Crippen LogP) is 4.29. The number of hydrogen-bond acceptors (Lipinski definition) is 3. The van der Waals surface area contributed by atoms with E-state index in [1.54, 1.807) is 18.3 Å². The molecule has 0 radical (unpaired) electrons. The molecule has 1 aromatic heterocycles. The molecule has 2 aromatic rings. The van der Waals surface area contributed by atoms with Crippen molar-refractivity contribution in [1.29, 1.82) is 0 Å². The number of likely N-dealkylation sites (N-methyl/N-ethyl adjacent to an activating group) is 1. The van der Waals surface area contributed by atoms with Crippen LogP contribution in [-0.2, 0) is 6.42 Å². The van der Waals surface area contributed by atoms with Crippen LogP contribution < -0.4 is 0 Å². The maximum atomic E-state index is 13.9. The summed E-state index contributed by atoms with van der Waals surface area (Å²) < 4.78 is 13.9. The van der Waals surface area contributed by atoms with Gasteiger partial charge in [-0.3, -0.25) is 9.78 Å². The van der Waals surface area contributed by atoms with Crippen LogP contribution >= 0.6 is 0 Å². The van der Waals surface area contributed by atoms with Crippen LogP contribution in [0.15, 0.2) is 42.6 Å². The summed E-state index contributed by atoms with van der Waals surface area (Å²) in [6, 6.07) is 11.7. The Kier molecular flexibility index (Phi) is 4.89. The second-order valence-corrected chi connectivity index (χ2v) is 9.64. The zero-order valence-corrected chi connectivity index (χ0v) is 17.9. The molecule has 0 N–H and O–H groups in total. The van der Waals surface area contributed by atoms with E-state index < -0.39 is 0 Å². The number of halogens is 1. The van der Waals surface area contributed by atoms with Crippen molar-refractivity contribution in [3.05, 3.63) is 65.2 Å². The Labute approximate surface area is 178 Å². The van der Waals surface area contributed by atoms with Crippen molar-refractivity contribution in [3.8, 4) is 0 Å². The van der Waals surface area contributed by atoms with E-state index in [4.69, 9.17) is 0 Å². The summed E-state index contributed by atoms with van der Waals surface area (Å²) >= 11 is 0. The molecule has 2 saturated heterocycles. The SMILES string of the molecule is CN1C[C@@H]2C[C@@]3(C)[C@H](CCCC[C@@H]13)N2C(=O)c1ccc(Cc2ccccc2F)nc1. The van der Waals surface area contributed by atoms with E-state index in [1.807, 2.05) is 18.2 Å². The summed E-state index contributed by atoms with van der Waals surface area (Å²) in [4.78, 5) is 22.8. The molecule has 4 atom stereocenters. The van der Waals surface area contributed by atoms with E-state index in [0.717, 1.165) is 25.1 Å². The Hall–Kier alpha value is -2.27. The maximum Gasteiger partial charge on any atom is 0.255 e. The lowest BCUT2D eigenvalue weighted by Crippen LogP contribution is -2.51. The van der Waals surface area contributed by atoms with Crippen LogP contribution in [0, 0.1) is 11.2 Å². The number of aromatic nitrogens is 1. The molecular weight excluding hydrogens is 377 g/mol. The number of benzene rings is 1. The smallest absolute Gasteiger partial charge is 0.255 e. The minimum atomic E-state index is -0.218.